The molecule has 0 spiro atoms. The molecule has 0 aliphatic heterocycles. The van der Waals surface area contributed by atoms with Gasteiger partial charge in [0, 0.05) is 25.0 Å². The molecule has 6 nitrogen and oxygen atoms in total. The van der Waals surface area contributed by atoms with Crippen LogP contribution < -0.4 is 10.1 Å². The van der Waals surface area contributed by atoms with Crippen molar-refractivity contribution in [2.75, 3.05) is 6.61 Å². The molecule has 1 unspecified atom stereocenters. The Kier molecular flexibility index (Phi) is 5.66. The highest BCUT2D eigenvalue weighted by Gasteiger charge is 2.20. The van der Waals surface area contributed by atoms with Crippen molar-refractivity contribution < 1.29 is 14.3 Å². The number of ether oxygens (including phenoxy) is 1. The minimum absolute atomic E-state index is 0.0520. The predicted octanol–water partition coefficient (Wildman–Crippen LogP) is 2.91. The Balaban J connectivity index is 1.71. The third kappa shape index (κ3) is 4.61. The molecule has 3 rings (SSSR count). The summed E-state index contributed by atoms with van der Waals surface area (Å²) in [6.45, 7) is 1.33. The molecular formula is C21H21N3O3. The molecule has 0 radical (unpaired) electrons. The standard InChI is InChI=1S/C21H21N3O3/c1-15(25)17-9-6-10-18(13-17)27-14-19(26)23-20(16-7-4-3-5-8-16)21-22-11-12-24(21)2/h3-13,20H,14H2,1-2H3,(H,23,26). The monoisotopic (exact) mass is 363 g/mol. The van der Waals surface area contributed by atoms with Gasteiger partial charge < -0.3 is 14.6 Å². The van der Waals surface area contributed by atoms with Gasteiger partial charge in [-0.2, -0.15) is 0 Å². The van der Waals surface area contributed by atoms with E-state index in [9.17, 15) is 9.59 Å². The van der Waals surface area contributed by atoms with Crippen molar-refractivity contribution in [3.8, 4) is 5.75 Å². The second-order valence-electron chi connectivity index (χ2n) is 6.18. The molecule has 0 fully saturated rings. The molecule has 1 atom stereocenters. The van der Waals surface area contributed by atoms with E-state index in [2.05, 4.69) is 10.3 Å². The van der Waals surface area contributed by atoms with Crippen LogP contribution in [0.1, 0.15) is 34.7 Å². The molecule has 1 aromatic heterocycles. The van der Waals surface area contributed by atoms with Gasteiger partial charge in [0.15, 0.2) is 12.4 Å². The van der Waals surface area contributed by atoms with Crippen LogP contribution in [0.15, 0.2) is 67.0 Å². The fraction of sp³-hybridized carbons (Fsp3) is 0.190. The van der Waals surface area contributed by atoms with Crippen molar-refractivity contribution >= 4 is 11.7 Å². The molecule has 1 amide bonds. The van der Waals surface area contributed by atoms with E-state index in [4.69, 9.17) is 4.74 Å². The Hall–Kier alpha value is -3.41. The summed E-state index contributed by atoms with van der Waals surface area (Å²) in [4.78, 5) is 28.3. The highest BCUT2D eigenvalue weighted by Crippen LogP contribution is 2.20. The lowest BCUT2D eigenvalue weighted by Crippen LogP contribution is -2.34. The maximum Gasteiger partial charge on any atom is 0.258 e. The topological polar surface area (TPSA) is 73.2 Å². The first-order valence-corrected chi connectivity index (χ1v) is 8.60. The van der Waals surface area contributed by atoms with Crippen LogP contribution in [-0.4, -0.2) is 27.8 Å². The van der Waals surface area contributed by atoms with Crippen LogP contribution in [0.25, 0.3) is 0 Å². The van der Waals surface area contributed by atoms with Gasteiger partial charge >= 0.3 is 0 Å². The zero-order valence-electron chi connectivity index (χ0n) is 15.3. The van der Waals surface area contributed by atoms with Gasteiger partial charge in [0.2, 0.25) is 0 Å². The Morgan fingerprint density at radius 1 is 1.15 bits per heavy atom. The van der Waals surface area contributed by atoms with Crippen LogP contribution in [0, 0.1) is 0 Å². The van der Waals surface area contributed by atoms with Crippen molar-refractivity contribution in [3.05, 3.63) is 83.9 Å². The summed E-state index contributed by atoms with van der Waals surface area (Å²) in [5.74, 6) is 0.878. The van der Waals surface area contributed by atoms with Crippen LogP contribution in [0.2, 0.25) is 0 Å². The number of rotatable bonds is 7. The van der Waals surface area contributed by atoms with Gasteiger partial charge in [-0.25, -0.2) is 4.98 Å². The van der Waals surface area contributed by atoms with Gasteiger partial charge in [-0.05, 0) is 24.6 Å². The first-order valence-electron chi connectivity index (χ1n) is 8.60. The predicted molar refractivity (Wildman–Crippen MR) is 102 cm³/mol. The number of Topliss-reactive ketones (excluding diaryl/α,β-unsaturated/α-hetero) is 1. The molecule has 1 N–H and O–H groups in total. The van der Waals surface area contributed by atoms with Crippen LogP contribution >= 0.6 is 0 Å². The maximum absolute atomic E-state index is 12.5. The van der Waals surface area contributed by atoms with Crippen molar-refractivity contribution in [2.45, 2.75) is 13.0 Å². The van der Waals surface area contributed by atoms with Gasteiger partial charge in [-0.1, -0.05) is 42.5 Å². The minimum Gasteiger partial charge on any atom is -0.484 e. The SMILES string of the molecule is CC(=O)c1cccc(OCC(=O)NC(c2ccccc2)c2nccn2C)c1. The number of imidazole rings is 1. The fourth-order valence-corrected chi connectivity index (χ4v) is 2.75. The molecule has 1 heterocycles. The summed E-state index contributed by atoms with van der Waals surface area (Å²) < 4.78 is 7.42. The smallest absolute Gasteiger partial charge is 0.258 e. The summed E-state index contributed by atoms with van der Waals surface area (Å²) in [5.41, 5.74) is 1.47. The summed E-state index contributed by atoms with van der Waals surface area (Å²) in [5, 5.41) is 2.97. The lowest BCUT2D eigenvalue weighted by Gasteiger charge is -2.19. The number of hydrogen-bond donors (Lipinski definition) is 1. The van der Waals surface area contributed by atoms with Gasteiger partial charge in [0.1, 0.15) is 17.6 Å². The third-order valence-corrected chi connectivity index (χ3v) is 4.17. The molecule has 0 saturated heterocycles. The van der Waals surface area contributed by atoms with E-state index in [1.807, 2.05) is 48.1 Å². The molecule has 6 heteroatoms. The summed E-state index contributed by atoms with van der Waals surface area (Å²) >= 11 is 0. The average Bonchev–Trinajstić information content (AvgIpc) is 3.11. The molecule has 27 heavy (non-hydrogen) atoms. The van der Waals surface area contributed by atoms with Crippen LogP contribution in [0.4, 0.5) is 0 Å². The first-order chi connectivity index (χ1) is 13.0. The van der Waals surface area contributed by atoms with E-state index in [-0.39, 0.29) is 24.3 Å². The minimum atomic E-state index is -0.383. The lowest BCUT2D eigenvalue weighted by atomic mass is 10.1. The number of aryl methyl sites for hydroxylation is 1. The van der Waals surface area contributed by atoms with Gasteiger partial charge in [0.25, 0.3) is 5.91 Å². The average molecular weight is 363 g/mol. The molecule has 0 aliphatic rings. The van der Waals surface area contributed by atoms with E-state index in [1.54, 1.807) is 30.5 Å². The third-order valence-electron chi connectivity index (χ3n) is 4.17. The van der Waals surface area contributed by atoms with E-state index >= 15 is 0 Å². The number of hydrogen-bond acceptors (Lipinski definition) is 4. The molecule has 0 bridgehead atoms. The van der Waals surface area contributed by atoms with Crippen molar-refractivity contribution in [1.82, 2.24) is 14.9 Å². The molecule has 138 valence electrons. The molecule has 3 aromatic rings. The lowest BCUT2D eigenvalue weighted by molar-refractivity contribution is -0.123. The molecular weight excluding hydrogens is 342 g/mol. The Labute approximate surface area is 157 Å². The first kappa shape index (κ1) is 18.4. The van der Waals surface area contributed by atoms with Crippen molar-refractivity contribution in [3.63, 3.8) is 0 Å². The largest absolute Gasteiger partial charge is 0.484 e. The summed E-state index contributed by atoms with van der Waals surface area (Å²) in [6.07, 6.45) is 3.53. The number of amides is 1. The number of carbonyl (C=O) groups is 2. The highest BCUT2D eigenvalue weighted by atomic mass is 16.5. The number of ketones is 1. The van der Waals surface area contributed by atoms with E-state index in [1.165, 1.54) is 6.92 Å². The normalized spacial score (nSPS) is 11.6. The van der Waals surface area contributed by atoms with Gasteiger partial charge in [0.05, 0.1) is 0 Å². The maximum atomic E-state index is 12.5. The number of carbonyl (C=O) groups excluding carboxylic acids is 2. The van der Waals surface area contributed by atoms with Crippen LogP contribution in [0.3, 0.4) is 0 Å². The second kappa shape index (κ2) is 8.31. The van der Waals surface area contributed by atoms with E-state index in [0.717, 1.165) is 11.4 Å². The second-order valence-corrected chi connectivity index (χ2v) is 6.18. The quantitative estimate of drug-likeness (QED) is 0.655. The van der Waals surface area contributed by atoms with Crippen molar-refractivity contribution in [2.24, 2.45) is 7.05 Å². The molecule has 0 saturated carbocycles. The highest BCUT2D eigenvalue weighted by molar-refractivity contribution is 5.94. The zero-order chi connectivity index (χ0) is 19.2. The van der Waals surface area contributed by atoms with Crippen molar-refractivity contribution in [1.29, 1.82) is 0 Å². The van der Waals surface area contributed by atoms with E-state index < -0.39 is 0 Å². The summed E-state index contributed by atoms with van der Waals surface area (Å²) in [7, 11) is 1.88. The fourth-order valence-electron chi connectivity index (χ4n) is 2.75. The number of benzene rings is 2. The number of aromatic nitrogens is 2. The molecule has 0 aliphatic carbocycles. The van der Waals surface area contributed by atoms with Crippen LogP contribution in [-0.2, 0) is 11.8 Å². The van der Waals surface area contributed by atoms with Gasteiger partial charge in [-0.3, -0.25) is 9.59 Å². The Morgan fingerprint density at radius 3 is 2.59 bits per heavy atom. The van der Waals surface area contributed by atoms with Gasteiger partial charge in [-0.15, -0.1) is 0 Å². The van der Waals surface area contributed by atoms with E-state index in [0.29, 0.717) is 11.3 Å². The zero-order valence-corrected chi connectivity index (χ0v) is 15.3. The Morgan fingerprint density at radius 2 is 1.93 bits per heavy atom. The molecule has 2 aromatic carbocycles. The number of nitrogens with zero attached hydrogens (tertiary/aromatic N) is 2. The van der Waals surface area contributed by atoms with Crippen LogP contribution in [0.5, 0.6) is 5.75 Å². The Bertz CT molecular complexity index is 935. The number of nitrogens with one attached hydrogen (secondary N) is 1. The summed E-state index contributed by atoms with van der Waals surface area (Å²) in [6, 6.07) is 16.0.